The lowest BCUT2D eigenvalue weighted by molar-refractivity contribution is -0.105. The summed E-state index contributed by atoms with van der Waals surface area (Å²) in [5.41, 5.74) is 7.74. The van der Waals surface area contributed by atoms with E-state index in [-0.39, 0.29) is 0 Å². The molecule has 5 nitrogen and oxygen atoms in total. The van der Waals surface area contributed by atoms with Crippen LogP contribution in [0.2, 0.25) is 0 Å². The first-order valence-corrected chi connectivity index (χ1v) is 5.63. The third-order valence-electron chi connectivity index (χ3n) is 2.24. The third-order valence-corrected chi connectivity index (χ3v) is 3.19. The Morgan fingerprint density at radius 2 is 2.35 bits per heavy atom. The van der Waals surface area contributed by atoms with Gasteiger partial charge in [-0.1, -0.05) is 17.4 Å². The standard InChI is InChI=1S/C11H10N4OS/c12-4-8(5-13)7-1-2-9-10(3-7)17-11(15-9)14-6-16/h1-6,12H,13H2,(H,14,15,16)/b8-5+,12-4?. The van der Waals surface area contributed by atoms with Gasteiger partial charge < -0.3 is 16.5 Å². The fraction of sp³-hybridized carbons (Fsp3) is 0. The molecule has 0 bridgehead atoms. The summed E-state index contributed by atoms with van der Waals surface area (Å²) in [6.07, 6.45) is 3.19. The van der Waals surface area contributed by atoms with E-state index < -0.39 is 0 Å². The molecule has 86 valence electrons. The van der Waals surface area contributed by atoms with Gasteiger partial charge in [0.2, 0.25) is 6.41 Å². The van der Waals surface area contributed by atoms with E-state index in [1.807, 2.05) is 18.2 Å². The maximum Gasteiger partial charge on any atom is 0.213 e. The molecule has 1 aromatic carbocycles. The van der Waals surface area contributed by atoms with Crippen LogP contribution in [-0.2, 0) is 4.79 Å². The lowest BCUT2D eigenvalue weighted by Gasteiger charge is -1.99. The topological polar surface area (TPSA) is 91.9 Å². The summed E-state index contributed by atoms with van der Waals surface area (Å²) in [4.78, 5) is 14.5. The molecule has 2 aromatic rings. The number of fused-ring (bicyclic) bond motifs is 1. The summed E-state index contributed by atoms with van der Waals surface area (Å²) < 4.78 is 0.938. The number of carbonyl (C=O) groups is 1. The summed E-state index contributed by atoms with van der Waals surface area (Å²) in [6.45, 7) is 0. The molecule has 0 saturated heterocycles. The number of nitrogens with one attached hydrogen (secondary N) is 2. The average molecular weight is 246 g/mol. The van der Waals surface area contributed by atoms with Gasteiger partial charge in [-0.3, -0.25) is 4.79 Å². The van der Waals surface area contributed by atoms with Gasteiger partial charge in [0.15, 0.2) is 5.13 Å². The van der Waals surface area contributed by atoms with E-state index >= 15 is 0 Å². The van der Waals surface area contributed by atoms with Gasteiger partial charge >= 0.3 is 0 Å². The Morgan fingerprint density at radius 3 is 3.00 bits per heavy atom. The van der Waals surface area contributed by atoms with Crippen molar-refractivity contribution in [1.82, 2.24) is 4.98 Å². The van der Waals surface area contributed by atoms with Crippen LogP contribution in [0.5, 0.6) is 0 Å². The van der Waals surface area contributed by atoms with E-state index in [2.05, 4.69) is 10.3 Å². The monoisotopic (exact) mass is 246 g/mol. The molecule has 0 aliphatic carbocycles. The van der Waals surface area contributed by atoms with E-state index in [0.29, 0.717) is 17.1 Å². The van der Waals surface area contributed by atoms with Crippen molar-refractivity contribution >= 4 is 44.9 Å². The molecule has 1 amide bonds. The second-order valence-corrected chi connectivity index (χ2v) is 4.26. The van der Waals surface area contributed by atoms with Crippen LogP contribution >= 0.6 is 11.3 Å². The van der Waals surface area contributed by atoms with Gasteiger partial charge in [-0.15, -0.1) is 0 Å². The van der Waals surface area contributed by atoms with Crippen molar-refractivity contribution in [3.05, 3.63) is 30.0 Å². The zero-order valence-electron chi connectivity index (χ0n) is 8.81. The van der Waals surface area contributed by atoms with Gasteiger partial charge in [0, 0.05) is 18.0 Å². The minimum absolute atomic E-state index is 0.556. The predicted octanol–water partition coefficient (Wildman–Crippen LogP) is 1.81. The Kier molecular flexibility index (Phi) is 3.15. The van der Waals surface area contributed by atoms with E-state index in [1.165, 1.54) is 23.8 Å². The second kappa shape index (κ2) is 4.75. The number of carbonyl (C=O) groups excluding carboxylic acids is 1. The van der Waals surface area contributed by atoms with Crippen LogP contribution in [0.15, 0.2) is 24.4 Å². The van der Waals surface area contributed by atoms with Crippen LogP contribution in [0.1, 0.15) is 5.56 Å². The molecule has 0 fully saturated rings. The molecule has 0 aliphatic heterocycles. The van der Waals surface area contributed by atoms with E-state index in [4.69, 9.17) is 11.1 Å². The van der Waals surface area contributed by atoms with Crippen LogP contribution in [0.25, 0.3) is 15.8 Å². The number of allylic oxidation sites excluding steroid dienone is 1. The number of amides is 1. The molecule has 17 heavy (non-hydrogen) atoms. The molecule has 6 heteroatoms. The van der Waals surface area contributed by atoms with Crippen molar-refractivity contribution in [2.75, 3.05) is 5.32 Å². The smallest absolute Gasteiger partial charge is 0.213 e. The number of hydrogen-bond acceptors (Lipinski definition) is 5. The molecule has 0 radical (unpaired) electrons. The highest BCUT2D eigenvalue weighted by molar-refractivity contribution is 7.22. The fourth-order valence-electron chi connectivity index (χ4n) is 1.44. The van der Waals surface area contributed by atoms with Crippen LogP contribution < -0.4 is 11.1 Å². The second-order valence-electron chi connectivity index (χ2n) is 3.23. The lowest BCUT2D eigenvalue weighted by Crippen LogP contribution is -1.91. The Hall–Kier alpha value is -2.21. The van der Waals surface area contributed by atoms with Crippen LogP contribution in [-0.4, -0.2) is 17.6 Å². The Labute approximate surface area is 101 Å². The Bertz CT molecular complexity index is 603. The molecule has 1 aromatic heterocycles. The normalized spacial score (nSPS) is 11.4. The van der Waals surface area contributed by atoms with Gasteiger partial charge in [-0.2, -0.15) is 0 Å². The minimum atomic E-state index is 0.556. The van der Waals surface area contributed by atoms with Crippen molar-refractivity contribution in [2.24, 2.45) is 5.73 Å². The minimum Gasteiger partial charge on any atom is -0.404 e. The average Bonchev–Trinajstić information content (AvgIpc) is 2.73. The molecule has 0 atom stereocenters. The zero-order valence-corrected chi connectivity index (χ0v) is 9.62. The number of benzene rings is 1. The maximum absolute atomic E-state index is 10.3. The first-order valence-electron chi connectivity index (χ1n) is 4.82. The summed E-state index contributed by atoms with van der Waals surface area (Å²) in [7, 11) is 0. The largest absolute Gasteiger partial charge is 0.404 e. The van der Waals surface area contributed by atoms with Gasteiger partial charge in [0.05, 0.1) is 10.2 Å². The molecule has 0 unspecified atom stereocenters. The summed E-state index contributed by atoms with van der Waals surface area (Å²) >= 11 is 1.38. The number of hydrogen-bond donors (Lipinski definition) is 3. The molecular weight excluding hydrogens is 236 g/mol. The van der Waals surface area contributed by atoms with Crippen molar-refractivity contribution < 1.29 is 4.79 Å². The van der Waals surface area contributed by atoms with Crippen molar-refractivity contribution in [3.8, 4) is 0 Å². The predicted molar refractivity (Wildman–Crippen MR) is 70.3 cm³/mol. The van der Waals surface area contributed by atoms with Gasteiger partial charge in [-0.25, -0.2) is 4.98 Å². The number of nitrogens with zero attached hydrogens (tertiary/aromatic N) is 1. The molecular formula is C11H10N4OS. The van der Waals surface area contributed by atoms with Gasteiger partial charge in [-0.05, 0) is 17.7 Å². The molecule has 0 aliphatic rings. The van der Waals surface area contributed by atoms with Crippen LogP contribution in [0.4, 0.5) is 5.13 Å². The highest BCUT2D eigenvalue weighted by atomic mass is 32.1. The zero-order chi connectivity index (χ0) is 12.3. The molecule has 0 spiro atoms. The van der Waals surface area contributed by atoms with Crippen LogP contribution in [0, 0.1) is 5.41 Å². The first kappa shape index (κ1) is 11.3. The molecule has 1 heterocycles. The molecule has 4 N–H and O–H groups in total. The summed E-state index contributed by atoms with van der Waals surface area (Å²) in [5.74, 6) is 0. The van der Waals surface area contributed by atoms with E-state index in [9.17, 15) is 4.79 Å². The van der Waals surface area contributed by atoms with Gasteiger partial charge in [0.1, 0.15) is 0 Å². The highest BCUT2D eigenvalue weighted by Gasteiger charge is 2.05. The van der Waals surface area contributed by atoms with Crippen LogP contribution in [0.3, 0.4) is 0 Å². The number of anilines is 1. The quantitative estimate of drug-likeness (QED) is 0.567. The van der Waals surface area contributed by atoms with E-state index in [1.54, 1.807) is 0 Å². The highest BCUT2D eigenvalue weighted by Crippen LogP contribution is 2.28. The van der Waals surface area contributed by atoms with Crippen molar-refractivity contribution in [3.63, 3.8) is 0 Å². The number of rotatable bonds is 4. The number of thiazole rings is 1. The summed E-state index contributed by atoms with van der Waals surface area (Å²) in [6, 6.07) is 5.58. The van der Waals surface area contributed by atoms with Crippen molar-refractivity contribution in [1.29, 1.82) is 5.41 Å². The SMILES string of the molecule is N=C/C(=C\N)c1ccc2nc(NC=O)sc2c1. The fourth-order valence-corrected chi connectivity index (χ4v) is 2.31. The van der Waals surface area contributed by atoms with Gasteiger partial charge in [0.25, 0.3) is 0 Å². The Balaban J connectivity index is 2.49. The Morgan fingerprint density at radius 1 is 1.53 bits per heavy atom. The molecule has 0 saturated carbocycles. The summed E-state index contributed by atoms with van der Waals surface area (Å²) in [5, 5.41) is 10.3. The lowest BCUT2D eigenvalue weighted by atomic mass is 10.1. The number of aromatic nitrogens is 1. The first-order chi connectivity index (χ1) is 8.28. The van der Waals surface area contributed by atoms with Crippen molar-refractivity contribution in [2.45, 2.75) is 0 Å². The number of nitrogens with two attached hydrogens (primary N) is 1. The molecule has 2 rings (SSSR count). The van der Waals surface area contributed by atoms with E-state index in [0.717, 1.165) is 15.8 Å². The third kappa shape index (κ3) is 2.16. The maximum atomic E-state index is 10.3.